The summed E-state index contributed by atoms with van der Waals surface area (Å²) in [6.45, 7) is 0. The number of carbonyl (C=O) groups excluding carboxylic acids is 2. The summed E-state index contributed by atoms with van der Waals surface area (Å²) in [6.07, 6.45) is 1.71. The summed E-state index contributed by atoms with van der Waals surface area (Å²) in [4.78, 5) is 23.2. The third kappa shape index (κ3) is 4.10. The summed E-state index contributed by atoms with van der Waals surface area (Å²) < 4.78 is 5.81. The van der Waals surface area contributed by atoms with Crippen molar-refractivity contribution >= 4 is 29.0 Å². The molecule has 1 aliphatic heterocycles. The second-order valence-electron chi connectivity index (χ2n) is 5.91. The van der Waals surface area contributed by atoms with Crippen molar-refractivity contribution in [3.63, 3.8) is 0 Å². The molecular weight excluding hydrogens is 358 g/mol. The fraction of sp³-hybridized carbons (Fsp3) is 0. The van der Waals surface area contributed by atoms with Gasteiger partial charge in [-0.25, -0.2) is 0 Å². The maximum atomic E-state index is 11.6. The molecule has 1 aliphatic rings. The number of thioether (sulfide) groups is 1. The molecule has 3 aromatic rings. The Labute approximate surface area is 160 Å². The van der Waals surface area contributed by atoms with Crippen molar-refractivity contribution in [3.8, 4) is 22.6 Å². The molecule has 0 saturated carbocycles. The maximum absolute atomic E-state index is 11.6. The van der Waals surface area contributed by atoms with E-state index in [4.69, 9.17) is 4.74 Å². The van der Waals surface area contributed by atoms with Gasteiger partial charge in [-0.3, -0.25) is 14.9 Å². The highest BCUT2D eigenvalue weighted by atomic mass is 32.2. The molecule has 1 heterocycles. The molecule has 1 fully saturated rings. The first-order valence-electron chi connectivity index (χ1n) is 8.36. The van der Waals surface area contributed by atoms with Gasteiger partial charge in [-0.2, -0.15) is 0 Å². The fourth-order valence-electron chi connectivity index (χ4n) is 2.68. The number of hydrogen-bond donors (Lipinski definition) is 1. The van der Waals surface area contributed by atoms with Gasteiger partial charge in [0, 0.05) is 0 Å². The van der Waals surface area contributed by atoms with Gasteiger partial charge in [0.25, 0.3) is 11.1 Å². The summed E-state index contributed by atoms with van der Waals surface area (Å²) >= 11 is 0.919. The van der Waals surface area contributed by atoms with Crippen molar-refractivity contribution in [1.29, 1.82) is 0 Å². The average molecular weight is 373 g/mol. The summed E-state index contributed by atoms with van der Waals surface area (Å²) in [5, 5.41) is 1.92. The Bertz CT molecular complexity index is 1010. The van der Waals surface area contributed by atoms with Crippen LogP contribution in [0.3, 0.4) is 0 Å². The molecule has 1 N–H and O–H groups in total. The van der Waals surface area contributed by atoms with Crippen LogP contribution in [0.2, 0.25) is 0 Å². The number of carbonyl (C=O) groups is 2. The molecule has 4 nitrogen and oxygen atoms in total. The number of ether oxygens (including phenoxy) is 1. The lowest BCUT2D eigenvalue weighted by Gasteiger charge is -2.07. The predicted octanol–water partition coefficient (Wildman–Crippen LogP) is 5.47. The van der Waals surface area contributed by atoms with Gasteiger partial charge in [0.1, 0.15) is 11.5 Å². The standard InChI is InChI=1S/C22H15NO3S/c24-21-20(27-22(25)23-21)14-15-6-8-16(9-7-15)17-10-12-19(13-11-17)26-18-4-2-1-3-5-18/h1-14H,(H,23,24,25)/b20-14-. The monoisotopic (exact) mass is 373 g/mol. The van der Waals surface area contributed by atoms with Crippen LogP contribution in [-0.4, -0.2) is 11.1 Å². The number of nitrogens with one attached hydrogen (secondary N) is 1. The van der Waals surface area contributed by atoms with Gasteiger partial charge in [-0.05, 0) is 58.8 Å². The quantitative estimate of drug-likeness (QED) is 0.616. The van der Waals surface area contributed by atoms with Crippen molar-refractivity contribution in [2.24, 2.45) is 0 Å². The van der Waals surface area contributed by atoms with Crippen LogP contribution in [0.4, 0.5) is 4.79 Å². The van der Waals surface area contributed by atoms with Crippen LogP contribution in [-0.2, 0) is 4.79 Å². The van der Waals surface area contributed by atoms with E-state index < -0.39 is 0 Å². The first kappa shape index (κ1) is 17.1. The van der Waals surface area contributed by atoms with Crippen LogP contribution in [0.1, 0.15) is 5.56 Å². The van der Waals surface area contributed by atoms with Gasteiger partial charge < -0.3 is 4.74 Å². The van der Waals surface area contributed by atoms with E-state index in [2.05, 4.69) is 5.32 Å². The highest BCUT2D eigenvalue weighted by molar-refractivity contribution is 8.18. The zero-order chi connectivity index (χ0) is 18.6. The molecule has 0 bridgehead atoms. The molecule has 0 atom stereocenters. The number of amides is 2. The van der Waals surface area contributed by atoms with E-state index in [1.165, 1.54) is 0 Å². The van der Waals surface area contributed by atoms with E-state index in [9.17, 15) is 9.59 Å². The van der Waals surface area contributed by atoms with E-state index in [-0.39, 0.29) is 11.1 Å². The largest absolute Gasteiger partial charge is 0.457 e. The van der Waals surface area contributed by atoms with Gasteiger partial charge in [-0.1, -0.05) is 54.6 Å². The predicted molar refractivity (Wildman–Crippen MR) is 108 cm³/mol. The SMILES string of the molecule is O=C1NC(=O)/C(=C/c2ccc(-c3ccc(Oc4ccccc4)cc3)cc2)S1. The van der Waals surface area contributed by atoms with Crippen molar-refractivity contribution in [2.75, 3.05) is 0 Å². The summed E-state index contributed by atoms with van der Waals surface area (Å²) in [6, 6.07) is 25.3. The number of hydrogen-bond acceptors (Lipinski definition) is 4. The second kappa shape index (κ2) is 7.51. The van der Waals surface area contributed by atoms with E-state index in [1.54, 1.807) is 6.08 Å². The lowest BCUT2D eigenvalue weighted by molar-refractivity contribution is -0.115. The van der Waals surface area contributed by atoms with Gasteiger partial charge in [0.05, 0.1) is 4.91 Å². The fourth-order valence-corrected chi connectivity index (χ4v) is 3.37. The molecule has 4 rings (SSSR count). The normalized spacial score (nSPS) is 15.0. The first-order chi connectivity index (χ1) is 13.2. The first-order valence-corrected chi connectivity index (χ1v) is 9.17. The Balaban J connectivity index is 1.48. The molecule has 132 valence electrons. The van der Waals surface area contributed by atoms with Crippen molar-refractivity contribution in [3.05, 3.63) is 89.3 Å². The van der Waals surface area contributed by atoms with E-state index >= 15 is 0 Å². The minimum atomic E-state index is -0.344. The van der Waals surface area contributed by atoms with Crippen LogP contribution < -0.4 is 10.1 Å². The highest BCUT2D eigenvalue weighted by Crippen LogP contribution is 2.28. The van der Waals surface area contributed by atoms with Crippen LogP contribution in [0, 0.1) is 0 Å². The van der Waals surface area contributed by atoms with E-state index in [0.717, 1.165) is 40.0 Å². The summed E-state index contributed by atoms with van der Waals surface area (Å²) in [7, 11) is 0. The molecular formula is C22H15NO3S. The van der Waals surface area contributed by atoms with Crippen LogP contribution >= 0.6 is 11.8 Å². The summed E-state index contributed by atoms with van der Waals surface area (Å²) in [5.41, 5.74) is 3.00. The van der Waals surface area contributed by atoms with E-state index in [1.807, 2.05) is 78.9 Å². The van der Waals surface area contributed by atoms with Crippen LogP contribution in [0.25, 0.3) is 17.2 Å². The van der Waals surface area contributed by atoms with Crippen LogP contribution in [0.15, 0.2) is 83.8 Å². The lowest BCUT2D eigenvalue weighted by Crippen LogP contribution is -2.17. The topological polar surface area (TPSA) is 55.4 Å². The Kier molecular flexibility index (Phi) is 4.77. The molecule has 3 aromatic carbocycles. The molecule has 2 amide bonds. The molecule has 0 aromatic heterocycles. The van der Waals surface area contributed by atoms with Gasteiger partial charge >= 0.3 is 0 Å². The molecule has 27 heavy (non-hydrogen) atoms. The lowest BCUT2D eigenvalue weighted by atomic mass is 10.0. The van der Waals surface area contributed by atoms with Crippen LogP contribution in [0.5, 0.6) is 11.5 Å². The van der Waals surface area contributed by atoms with Crippen molar-refractivity contribution in [2.45, 2.75) is 0 Å². The zero-order valence-electron chi connectivity index (χ0n) is 14.2. The summed E-state index contributed by atoms with van der Waals surface area (Å²) in [5.74, 6) is 1.23. The minimum absolute atomic E-state index is 0.333. The Morgan fingerprint density at radius 1 is 0.741 bits per heavy atom. The second-order valence-corrected chi connectivity index (χ2v) is 6.93. The molecule has 1 saturated heterocycles. The highest BCUT2D eigenvalue weighted by Gasteiger charge is 2.24. The molecule has 0 aliphatic carbocycles. The third-order valence-electron chi connectivity index (χ3n) is 4.02. The van der Waals surface area contributed by atoms with Gasteiger partial charge in [0.15, 0.2) is 0 Å². The average Bonchev–Trinajstić information content (AvgIpc) is 3.01. The van der Waals surface area contributed by atoms with Gasteiger partial charge in [0.2, 0.25) is 0 Å². The number of rotatable bonds is 4. The number of imide groups is 1. The Morgan fingerprint density at radius 2 is 1.33 bits per heavy atom. The van der Waals surface area contributed by atoms with Crippen molar-refractivity contribution in [1.82, 2.24) is 5.32 Å². The van der Waals surface area contributed by atoms with Crippen molar-refractivity contribution < 1.29 is 14.3 Å². The molecule has 0 spiro atoms. The van der Waals surface area contributed by atoms with Gasteiger partial charge in [-0.15, -0.1) is 0 Å². The maximum Gasteiger partial charge on any atom is 0.290 e. The zero-order valence-corrected chi connectivity index (χ0v) is 15.0. The third-order valence-corrected chi connectivity index (χ3v) is 4.83. The molecule has 0 unspecified atom stereocenters. The Morgan fingerprint density at radius 3 is 1.93 bits per heavy atom. The molecule has 0 radical (unpaired) electrons. The number of para-hydroxylation sites is 1. The minimum Gasteiger partial charge on any atom is -0.457 e. The number of benzene rings is 3. The van der Waals surface area contributed by atoms with E-state index in [0.29, 0.717) is 4.91 Å². The Hall–Kier alpha value is -3.31. The molecule has 5 heteroatoms. The smallest absolute Gasteiger partial charge is 0.290 e.